The number of rotatable bonds is 3. The number of anilines is 1. The molecule has 0 saturated carbocycles. The van der Waals surface area contributed by atoms with Gasteiger partial charge in [0.1, 0.15) is 0 Å². The zero-order chi connectivity index (χ0) is 12.6. The number of thioether (sulfide) groups is 1. The number of hydrogen-bond acceptors (Lipinski definition) is 3. The lowest BCUT2D eigenvalue weighted by Crippen LogP contribution is -2.25. The Hall–Kier alpha value is -0.640. The van der Waals surface area contributed by atoms with Crippen LogP contribution < -0.4 is 5.32 Å². The molecular formula is C13H23N3S. The van der Waals surface area contributed by atoms with E-state index in [1.165, 1.54) is 23.6 Å². The summed E-state index contributed by atoms with van der Waals surface area (Å²) in [6.45, 7) is 10.9. The molecule has 1 saturated heterocycles. The minimum absolute atomic E-state index is 0.430. The van der Waals surface area contributed by atoms with Gasteiger partial charge in [0.25, 0.3) is 0 Å². The van der Waals surface area contributed by atoms with Gasteiger partial charge in [-0.15, -0.1) is 0 Å². The largest absolute Gasteiger partial charge is 0.378 e. The Balaban J connectivity index is 2.20. The second kappa shape index (κ2) is 4.92. The third-order valence-corrected chi connectivity index (χ3v) is 4.85. The Morgan fingerprint density at radius 2 is 2.12 bits per heavy atom. The zero-order valence-corrected chi connectivity index (χ0v) is 12.3. The minimum atomic E-state index is 0.430. The molecule has 0 aromatic carbocycles. The summed E-state index contributed by atoms with van der Waals surface area (Å²) in [4.78, 5) is 0. The summed E-state index contributed by atoms with van der Waals surface area (Å²) < 4.78 is 2.12. The molecule has 1 aliphatic heterocycles. The fourth-order valence-corrected chi connectivity index (χ4v) is 3.68. The van der Waals surface area contributed by atoms with Crippen molar-refractivity contribution in [2.45, 2.75) is 58.4 Å². The molecule has 2 atom stereocenters. The number of hydrogen-bond donors (Lipinski definition) is 1. The van der Waals surface area contributed by atoms with Gasteiger partial charge >= 0.3 is 0 Å². The minimum Gasteiger partial charge on any atom is -0.378 e. The van der Waals surface area contributed by atoms with Gasteiger partial charge in [-0.05, 0) is 39.9 Å². The van der Waals surface area contributed by atoms with E-state index in [-0.39, 0.29) is 0 Å². The highest BCUT2D eigenvalue weighted by Crippen LogP contribution is 2.31. The van der Waals surface area contributed by atoms with Crippen molar-refractivity contribution in [3.63, 3.8) is 0 Å². The molecule has 1 aromatic heterocycles. The van der Waals surface area contributed by atoms with Crippen LogP contribution in [-0.4, -0.2) is 26.8 Å². The lowest BCUT2D eigenvalue weighted by atomic mass is 10.1. The maximum atomic E-state index is 4.62. The molecule has 1 aliphatic rings. The molecule has 1 fully saturated rings. The normalized spacial score (nSPS) is 24.6. The van der Waals surface area contributed by atoms with Gasteiger partial charge in [0.2, 0.25) is 0 Å². The SMILES string of the molecule is Cc1nn(C(C)C)c(C)c1NC1CCSC1C. The molecule has 3 nitrogen and oxygen atoms in total. The lowest BCUT2D eigenvalue weighted by Gasteiger charge is -2.18. The van der Waals surface area contributed by atoms with Gasteiger partial charge < -0.3 is 5.32 Å². The highest BCUT2D eigenvalue weighted by atomic mass is 32.2. The number of aromatic nitrogens is 2. The molecule has 1 N–H and O–H groups in total. The summed E-state index contributed by atoms with van der Waals surface area (Å²) in [6.07, 6.45) is 1.26. The molecule has 0 spiro atoms. The Kier molecular flexibility index (Phi) is 3.71. The zero-order valence-electron chi connectivity index (χ0n) is 11.4. The fourth-order valence-electron chi connectivity index (χ4n) is 2.48. The van der Waals surface area contributed by atoms with Gasteiger partial charge in [0.05, 0.1) is 17.1 Å². The van der Waals surface area contributed by atoms with Gasteiger partial charge in [-0.25, -0.2) is 0 Å². The molecule has 0 amide bonds. The summed E-state index contributed by atoms with van der Waals surface area (Å²) in [5, 5.41) is 9.03. The van der Waals surface area contributed by atoms with E-state index in [0.717, 1.165) is 5.69 Å². The Morgan fingerprint density at radius 3 is 2.59 bits per heavy atom. The molecule has 4 heteroatoms. The second-order valence-corrected chi connectivity index (χ2v) is 6.68. The van der Waals surface area contributed by atoms with Gasteiger partial charge in [-0.1, -0.05) is 6.92 Å². The smallest absolute Gasteiger partial charge is 0.0828 e. The molecule has 1 aromatic rings. The van der Waals surface area contributed by atoms with Crippen LogP contribution in [0.25, 0.3) is 0 Å². The summed E-state index contributed by atoms with van der Waals surface area (Å²) in [7, 11) is 0. The van der Waals surface area contributed by atoms with Crippen molar-refractivity contribution >= 4 is 17.4 Å². The first-order valence-electron chi connectivity index (χ1n) is 6.44. The van der Waals surface area contributed by atoms with Crippen molar-refractivity contribution in [3.8, 4) is 0 Å². The Labute approximate surface area is 108 Å². The predicted octanol–water partition coefficient (Wildman–Crippen LogP) is 3.39. The third kappa shape index (κ3) is 2.46. The summed E-state index contributed by atoms with van der Waals surface area (Å²) in [6, 6.07) is 1.03. The van der Waals surface area contributed by atoms with E-state index in [2.05, 4.69) is 61.5 Å². The van der Waals surface area contributed by atoms with Gasteiger partial charge in [0, 0.05) is 17.3 Å². The third-order valence-electron chi connectivity index (χ3n) is 3.52. The first-order chi connectivity index (χ1) is 8.00. The van der Waals surface area contributed by atoms with Crippen LogP contribution >= 0.6 is 11.8 Å². The van der Waals surface area contributed by atoms with Crippen LogP contribution in [0.3, 0.4) is 0 Å². The van der Waals surface area contributed by atoms with Crippen molar-refractivity contribution in [2.75, 3.05) is 11.1 Å². The number of nitrogens with zero attached hydrogens (tertiary/aromatic N) is 2. The van der Waals surface area contributed by atoms with Gasteiger partial charge in [-0.3, -0.25) is 4.68 Å². The van der Waals surface area contributed by atoms with Gasteiger partial charge in [0.15, 0.2) is 0 Å². The molecule has 96 valence electrons. The first kappa shape index (κ1) is 12.8. The van der Waals surface area contributed by atoms with E-state index >= 15 is 0 Å². The maximum Gasteiger partial charge on any atom is 0.0828 e. The van der Waals surface area contributed by atoms with Crippen molar-refractivity contribution in [1.82, 2.24) is 9.78 Å². The molecule has 2 rings (SSSR count). The lowest BCUT2D eigenvalue weighted by molar-refractivity contribution is 0.516. The van der Waals surface area contributed by atoms with Crippen molar-refractivity contribution < 1.29 is 0 Å². The van der Waals surface area contributed by atoms with Crippen LogP contribution in [0.4, 0.5) is 5.69 Å². The highest BCUT2D eigenvalue weighted by Gasteiger charge is 2.25. The average Bonchev–Trinajstić information content (AvgIpc) is 2.77. The molecule has 0 bridgehead atoms. The fraction of sp³-hybridized carbons (Fsp3) is 0.769. The van der Waals surface area contributed by atoms with Crippen LogP contribution in [-0.2, 0) is 0 Å². The molecule has 0 radical (unpaired) electrons. The van der Waals surface area contributed by atoms with E-state index < -0.39 is 0 Å². The monoisotopic (exact) mass is 253 g/mol. The second-order valence-electron chi connectivity index (χ2n) is 5.20. The van der Waals surface area contributed by atoms with E-state index in [1.807, 2.05) is 0 Å². The molecule has 0 aliphatic carbocycles. The highest BCUT2D eigenvalue weighted by molar-refractivity contribution is 8.00. The standard InChI is InChI=1S/C13H23N3S/c1-8(2)16-10(4)13(9(3)15-16)14-12-6-7-17-11(12)5/h8,11-12,14H,6-7H2,1-5H3. The Morgan fingerprint density at radius 1 is 1.41 bits per heavy atom. The van der Waals surface area contributed by atoms with Crippen LogP contribution in [0, 0.1) is 13.8 Å². The summed E-state index contributed by atoms with van der Waals surface area (Å²) >= 11 is 2.06. The van der Waals surface area contributed by atoms with E-state index in [4.69, 9.17) is 0 Å². The topological polar surface area (TPSA) is 29.9 Å². The molecule has 17 heavy (non-hydrogen) atoms. The van der Waals surface area contributed by atoms with Crippen molar-refractivity contribution in [3.05, 3.63) is 11.4 Å². The van der Waals surface area contributed by atoms with Gasteiger partial charge in [-0.2, -0.15) is 16.9 Å². The quantitative estimate of drug-likeness (QED) is 0.895. The maximum absolute atomic E-state index is 4.62. The van der Waals surface area contributed by atoms with Crippen molar-refractivity contribution in [1.29, 1.82) is 0 Å². The number of nitrogens with one attached hydrogen (secondary N) is 1. The van der Waals surface area contributed by atoms with Crippen molar-refractivity contribution in [2.24, 2.45) is 0 Å². The summed E-state index contributed by atoms with van der Waals surface area (Å²) in [5.74, 6) is 1.27. The van der Waals surface area contributed by atoms with Crippen LogP contribution in [0.1, 0.15) is 44.6 Å². The van der Waals surface area contributed by atoms with E-state index in [0.29, 0.717) is 17.3 Å². The average molecular weight is 253 g/mol. The molecule has 2 heterocycles. The Bertz CT molecular complexity index is 398. The van der Waals surface area contributed by atoms with E-state index in [1.54, 1.807) is 0 Å². The van der Waals surface area contributed by atoms with Crippen LogP contribution in [0.5, 0.6) is 0 Å². The predicted molar refractivity (Wildman–Crippen MR) is 76.0 cm³/mol. The molecule has 2 unspecified atom stereocenters. The van der Waals surface area contributed by atoms with Crippen LogP contribution in [0.15, 0.2) is 0 Å². The van der Waals surface area contributed by atoms with Crippen LogP contribution in [0.2, 0.25) is 0 Å². The summed E-state index contributed by atoms with van der Waals surface area (Å²) in [5.41, 5.74) is 3.64. The number of aryl methyl sites for hydroxylation is 1. The first-order valence-corrected chi connectivity index (χ1v) is 7.49. The molecular weight excluding hydrogens is 230 g/mol. The van der Waals surface area contributed by atoms with E-state index in [9.17, 15) is 0 Å².